The fraction of sp³-hybridized carbons (Fsp3) is 0.810. The van der Waals surface area contributed by atoms with Gasteiger partial charge in [-0.15, -0.1) is 0 Å². The van der Waals surface area contributed by atoms with Crippen LogP contribution in [0.4, 0.5) is 0 Å². The van der Waals surface area contributed by atoms with E-state index in [9.17, 15) is 24.3 Å². The van der Waals surface area contributed by atoms with Crippen molar-refractivity contribution in [3.05, 3.63) is 0 Å². The molecular formula is C21H40N4O5S. The lowest BCUT2D eigenvalue weighted by Gasteiger charge is -2.28. The lowest BCUT2D eigenvalue weighted by atomic mass is 9.97. The second-order valence-corrected chi connectivity index (χ2v) is 9.54. The molecule has 0 aliphatic carbocycles. The van der Waals surface area contributed by atoms with Gasteiger partial charge in [0.2, 0.25) is 17.7 Å². The van der Waals surface area contributed by atoms with Gasteiger partial charge in [-0.1, -0.05) is 48.0 Å². The van der Waals surface area contributed by atoms with Gasteiger partial charge in [0.15, 0.2) is 0 Å². The van der Waals surface area contributed by atoms with Crippen LogP contribution in [0.25, 0.3) is 0 Å². The quantitative estimate of drug-likeness (QED) is 0.259. The van der Waals surface area contributed by atoms with E-state index in [1.165, 1.54) is 11.8 Å². The van der Waals surface area contributed by atoms with Crippen molar-refractivity contribution in [2.75, 3.05) is 12.0 Å². The van der Waals surface area contributed by atoms with Gasteiger partial charge in [-0.3, -0.25) is 14.4 Å². The predicted octanol–water partition coefficient (Wildman–Crippen LogP) is 0.964. The van der Waals surface area contributed by atoms with Crippen molar-refractivity contribution in [2.24, 2.45) is 23.5 Å². The maximum absolute atomic E-state index is 12.9. The first-order valence-electron chi connectivity index (χ1n) is 10.8. The largest absolute Gasteiger partial charge is 0.480 e. The summed E-state index contributed by atoms with van der Waals surface area (Å²) in [5, 5.41) is 17.2. The fourth-order valence-electron chi connectivity index (χ4n) is 2.83. The first-order chi connectivity index (χ1) is 14.4. The van der Waals surface area contributed by atoms with Crippen molar-refractivity contribution in [3.63, 3.8) is 0 Å². The van der Waals surface area contributed by atoms with E-state index in [0.717, 1.165) is 6.42 Å². The minimum atomic E-state index is -1.13. The molecule has 5 unspecified atom stereocenters. The van der Waals surface area contributed by atoms with Crippen LogP contribution in [0, 0.1) is 17.8 Å². The Kier molecular flexibility index (Phi) is 13.5. The highest BCUT2D eigenvalue weighted by Gasteiger charge is 2.32. The summed E-state index contributed by atoms with van der Waals surface area (Å²) in [4.78, 5) is 49.6. The molecule has 0 bridgehead atoms. The molecule has 0 heterocycles. The lowest BCUT2D eigenvalue weighted by molar-refractivity contribution is -0.143. The molecule has 10 heteroatoms. The molecular weight excluding hydrogens is 420 g/mol. The van der Waals surface area contributed by atoms with Crippen LogP contribution in [0.3, 0.4) is 0 Å². The molecule has 0 aliphatic heterocycles. The molecule has 6 N–H and O–H groups in total. The Labute approximate surface area is 190 Å². The number of carboxylic acid groups (broad SMARTS) is 1. The number of hydrogen-bond donors (Lipinski definition) is 5. The molecule has 0 fully saturated rings. The Morgan fingerprint density at radius 2 is 1.39 bits per heavy atom. The van der Waals surface area contributed by atoms with Gasteiger partial charge in [-0.05, 0) is 36.2 Å². The Morgan fingerprint density at radius 1 is 0.871 bits per heavy atom. The van der Waals surface area contributed by atoms with Gasteiger partial charge >= 0.3 is 5.97 Å². The van der Waals surface area contributed by atoms with Crippen LogP contribution in [-0.2, 0) is 19.2 Å². The number of carboxylic acids is 1. The topological polar surface area (TPSA) is 151 Å². The van der Waals surface area contributed by atoms with E-state index in [0.29, 0.717) is 12.2 Å². The normalized spacial score (nSPS) is 16.2. The molecule has 180 valence electrons. The van der Waals surface area contributed by atoms with Gasteiger partial charge < -0.3 is 26.8 Å². The van der Waals surface area contributed by atoms with E-state index in [1.807, 2.05) is 20.1 Å². The summed E-state index contributed by atoms with van der Waals surface area (Å²) < 4.78 is 0. The highest BCUT2D eigenvalue weighted by atomic mass is 32.2. The molecule has 0 radical (unpaired) electrons. The second kappa shape index (κ2) is 14.3. The molecule has 0 aromatic heterocycles. The Morgan fingerprint density at radius 3 is 1.81 bits per heavy atom. The van der Waals surface area contributed by atoms with Crippen LogP contribution >= 0.6 is 11.8 Å². The number of hydrogen-bond acceptors (Lipinski definition) is 6. The van der Waals surface area contributed by atoms with Crippen molar-refractivity contribution in [1.29, 1.82) is 0 Å². The number of carbonyl (C=O) groups excluding carboxylic acids is 3. The van der Waals surface area contributed by atoms with Crippen LogP contribution in [0.5, 0.6) is 0 Å². The van der Waals surface area contributed by atoms with E-state index in [4.69, 9.17) is 5.73 Å². The molecule has 0 aliphatic rings. The molecule has 0 aromatic rings. The van der Waals surface area contributed by atoms with Gasteiger partial charge in [-0.25, -0.2) is 4.79 Å². The van der Waals surface area contributed by atoms with Crippen LogP contribution in [-0.4, -0.2) is 65.0 Å². The van der Waals surface area contributed by atoms with Crippen molar-refractivity contribution in [1.82, 2.24) is 16.0 Å². The van der Waals surface area contributed by atoms with Crippen LogP contribution in [0.1, 0.15) is 54.4 Å². The molecule has 0 aromatic carbocycles. The van der Waals surface area contributed by atoms with Crippen LogP contribution in [0.15, 0.2) is 0 Å². The molecule has 0 spiro atoms. The lowest BCUT2D eigenvalue weighted by Crippen LogP contribution is -2.59. The van der Waals surface area contributed by atoms with Gasteiger partial charge in [0.1, 0.15) is 18.1 Å². The number of nitrogens with two attached hydrogens (primary N) is 1. The highest BCUT2D eigenvalue weighted by molar-refractivity contribution is 7.98. The average Bonchev–Trinajstić information content (AvgIpc) is 2.70. The summed E-state index contributed by atoms with van der Waals surface area (Å²) in [6, 6.07) is -3.58. The minimum Gasteiger partial charge on any atom is -0.480 e. The Balaban J connectivity index is 5.41. The molecule has 5 atom stereocenters. The maximum Gasteiger partial charge on any atom is 0.326 e. The number of nitrogens with one attached hydrogen (secondary N) is 3. The smallest absolute Gasteiger partial charge is 0.326 e. The minimum absolute atomic E-state index is 0.0417. The number of carbonyl (C=O) groups is 4. The van der Waals surface area contributed by atoms with E-state index in [2.05, 4.69) is 16.0 Å². The summed E-state index contributed by atoms with van der Waals surface area (Å²) in [6.07, 6.45) is 2.93. The van der Waals surface area contributed by atoms with E-state index < -0.39 is 47.9 Å². The summed E-state index contributed by atoms with van der Waals surface area (Å²) in [7, 11) is 0. The van der Waals surface area contributed by atoms with Crippen LogP contribution < -0.4 is 21.7 Å². The summed E-state index contributed by atoms with van der Waals surface area (Å²) in [5.74, 6) is -2.62. The number of aliphatic carboxylic acids is 1. The SMILES string of the molecule is CCC(C)C(N)C(=O)NC(C(=O)NC(CCSC)C(=O)NC(C(=O)O)C(C)C)C(C)C. The maximum atomic E-state index is 12.9. The molecule has 0 rings (SSSR count). The van der Waals surface area contributed by atoms with Gasteiger partial charge in [0.25, 0.3) is 0 Å². The third-order valence-corrected chi connectivity index (χ3v) is 5.92. The number of rotatable bonds is 14. The zero-order chi connectivity index (χ0) is 24.3. The summed E-state index contributed by atoms with van der Waals surface area (Å²) in [6.45, 7) is 10.8. The van der Waals surface area contributed by atoms with E-state index in [1.54, 1.807) is 27.7 Å². The van der Waals surface area contributed by atoms with Crippen molar-refractivity contribution in [3.8, 4) is 0 Å². The monoisotopic (exact) mass is 460 g/mol. The zero-order valence-corrected chi connectivity index (χ0v) is 20.5. The first kappa shape index (κ1) is 29.2. The molecule has 0 saturated carbocycles. The number of amides is 3. The predicted molar refractivity (Wildman–Crippen MR) is 124 cm³/mol. The fourth-order valence-corrected chi connectivity index (χ4v) is 3.30. The standard InChI is InChI=1S/C21H40N4O5S/c1-8-13(6)15(22)19(27)24-16(11(2)3)20(28)23-14(9-10-31-7)18(26)25-17(12(4)5)21(29)30/h11-17H,8-10,22H2,1-7H3,(H,23,28)(H,24,27)(H,25,26)(H,29,30). The van der Waals surface area contributed by atoms with Gasteiger partial charge in [0.05, 0.1) is 6.04 Å². The van der Waals surface area contributed by atoms with E-state index in [-0.39, 0.29) is 17.8 Å². The third kappa shape index (κ3) is 9.90. The third-order valence-electron chi connectivity index (χ3n) is 5.28. The van der Waals surface area contributed by atoms with Crippen molar-refractivity contribution < 1.29 is 24.3 Å². The highest BCUT2D eigenvalue weighted by Crippen LogP contribution is 2.10. The average molecular weight is 461 g/mol. The zero-order valence-electron chi connectivity index (χ0n) is 19.7. The number of thioether (sulfide) groups is 1. The first-order valence-corrected chi connectivity index (χ1v) is 12.1. The molecule has 0 saturated heterocycles. The molecule has 9 nitrogen and oxygen atoms in total. The van der Waals surface area contributed by atoms with Crippen LogP contribution in [0.2, 0.25) is 0 Å². The van der Waals surface area contributed by atoms with E-state index >= 15 is 0 Å². The van der Waals surface area contributed by atoms with Crippen molar-refractivity contribution in [2.45, 2.75) is 78.6 Å². The second-order valence-electron chi connectivity index (χ2n) is 8.55. The Hall–Kier alpha value is -1.81. The van der Waals surface area contributed by atoms with Crippen molar-refractivity contribution >= 4 is 35.5 Å². The summed E-state index contributed by atoms with van der Waals surface area (Å²) >= 11 is 1.51. The van der Waals surface area contributed by atoms with Gasteiger partial charge in [-0.2, -0.15) is 11.8 Å². The summed E-state index contributed by atoms with van der Waals surface area (Å²) in [5.41, 5.74) is 5.98. The Bertz CT molecular complexity index is 615. The van der Waals surface area contributed by atoms with Gasteiger partial charge in [0, 0.05) is 0 Å². The molecule has 3 amide bonds. The molecule has 31 heavy (non-hydrogen) atoms.